The van der Waals surface area contributed by atoms with Gasteiger partial charge in [-0.1, -0.05) is 12.1 Å². The van der Waals surface area contributed by atoms with Gasteiger partial charge in [-0.3, -0.25) is 19.2 Å². The Morgan fingerprint density at radius 2 is 0.897 bits per heavy atom. The van der Waals surface area contributed by atoms with Crippen LogP contribution in [0.1, 0.15) is 0 Å². The first-order chi connectivity index (χ1) is 13.8. The summed E-state index contributed by atoms with van der Waals surface area (Å²) in [5.41, 5.74) is 0.243. The number of sulfone groups is 1. The summed E-state index contributed by atoms with van der Waals surface area (Å²) in [5, 5.41) is 0. The highest BCUT2D eigenvalue weighted by molar-refractivity contribution is 7.91. The van der Waals surface area contributed by atoms with Gasteiger partial charge in [0.15, 0.2) is 0 Å². The van der Waals surface area contributed by atoms with E-state index in [0.717, 1.165) is 34.1 Å². The number of amides is 4. The van der Waals surface area contributed by atoms with Crippen LogP contribution >= 0.6 is 0 Å². The molecular weight excluding hydrogens is 396 g/mol. The van der Waals surface area contributed by atoms with Gasteiger partial charge in [0.25, 0.3) is 23.6 Å². The Morgan fingerprint density at radius 1 is 0.552 bits per heavy atom. The molecule has 0 radical (unpaired) electrons. The Bertz CT molecular complexity index is 1130. The number of benzene rings is 2. The van der Waals surface area contributed by atoms with Crippen LogP contribution in [-0.2, 0) is 29.0 Å². The third-order valence-electron chi connectivity index (χ3n) is 4.39. The summed E-state index contributed by atoms with van der Waals surface area (Å²) in [6.45, 7) is 0. The van der Waals surface area contributed by atoms with Crippen LogP contribution in [0.2, 0.25) is 0 Å². The van der Waals surface area contributed by atoms with Crippen LogP contribution in [0.3, 0.4) is 0 Å². The molecule has 144 valence electrons. The SMILES string of the molecule is O=C1C=CC(=O)N1c1cccc(S(=O)(=O)c2cccc(N3C(=O)C=CC3=O)c2)c1. The predicted octanol–water partition coefficient (Wildman–Crippen LogP) is 1.38. The first-order valence-corrected chi connectivity index (χ1v) is 9.85. The average Bonchev–Trinajstić information content (AvgIpc) is 3.22. The van der Waals surface area contributed by atoms with Crippen molar-refractivity contribution >= 4 is 44.8 Å². The molecule has 0 bridgehead atoms. The number of carbonyl (C=O) groups excluding carboxylic acids is 4. The van der Waals surface area contributed by atoms with E-state index < -0.39 is 33.5 Å². The lowest BCUT2D eigenvalue weighted by atomic mass is 10.3. The van der Waals surface area contributed by atoms with E-state index in [9.17, 15) is 27.6 Å². The zero-order valence-electron chi connectivity index (χ0n) is 14.7. The molecule has 0 saturated carbocycles. The van der Waals surface area contributed by atoms with E-state index >= 15 is 0 Å². The molecule has 0 unspecified atom stereocenters. The lowest BCUT2D eigenvalue weighted by Gasteiger charge is -2.16. The van der Waals surface area contributed by atoms with Crippen molar-refractivity contribution in [3.63, 3.8) is 0 Å². The number of nitrogens with zero attached hydrogens (tertiary/aromatic N) is 2. The van der Waals surface area contributed by atoms with E-state index in [2.05, 4.69) is 0 Å². The molecule has 9 heteroatoms. The highest BCUT2D eigenvalue weighted by atomic mass is 32.2. The van der Waals surface area contributed by atoms with Crippen molar-refractivity contribution in [3.8, 4) is 0 Å². The highest BCUT2D eigenvalue weighted by Crippen LogP contribution is 2.29. The largest absolute Gasteiger partial charge is 0.269 e. The summed E-state index contributed by atoms with van der Waals surface area (Å²) in [5.74, 6) is -2.26. The molecular formula is C20H12N2O6S. The molecule has 29 heavy (non-hydrogen) atoms. The van der Waals surface area contributed by atoms with Gasteiger partial charge in [0.2, 0.25) is 9.84 Å². The first kappa shape index (κ1) is 18.5. The van der Waals surface area contributed by atoms with Crippen LogP contribution in [0.5, 0.6) is 0 Å². The van der Waals surface area contributed by atoms with Crippen molar-refractivity contribution in [1.29, 1.82) is 0 Å². The normalized spacial score (nSPS) is 16.4. The molecule has 0 aromatic heterocycles. The molecule has 0 spiro atoms. The molecule has 2 aromatic rings. The Balaban J connectivity index is 1.73. The number of carbonyl (C=O) groups is 4. The van der Waals surface area contributed by atoms with Gasteiger partial charge in [-0.15, -0.1) is 0 Å². The van der Waals surface area contributed by atoms with E-state index in [-0.39, 0.29) is 21.2 Å². The van der Waals surface area contributed by atoms with Crippen LogP contribution < -0.4 is 9.80 Å². The van der Waals surface area contributed by atoms with E-state index in [1.165, 1.54) is 48.5 Å². The zero-order chi connectivity index (χ0) is 20.8. The molecule has 0 aliphatic carbocycles. The lowest BCUT2D eigenvalue weighted by molar-refractivity contribution is -0.121. The minimum Gasteiger partial charge on any atom is -0.269 e. The second-order valence-corrected chi connectivity index (χ2v) is 8.14. The zero-order valence-corrected chi connectivity index (χ0v) is 15.5. The topological polar surface area (TPSA) is 109 Å². The minimum atomic E-state index is -4.05. The Hall–Kier alpha value is -3.85. The molecule has 2 aliphatic rings. The fraction of sp³-hybridized carbons (Fsp3) is 0. The van der Waals surface area contributed by atoms with Gasteiger partial charge in [-0.25, -0.2) is 18.2 Å². The molecule has 0 N–H and O–H groups in total. The monoisotopic (exact) mass is 408 g/mol. The van der Waals surface area contributed by atoms with E-state index in [1.807, 2.05) is 0 Å². The van der Waals surface area contributed by atoms with Gasteiger partial charge in [0, 0.05) is 24.3 Å². The Morgan fingerprint density at radius 3 is 1.24 bits per heavy atom. The molecule has 0 saturated heterocycles. The fourth-order valence-electron chi connectivity index (χ4n) is 3.03. The molecule has 2 aromatic carbocycles. The number of anilines is 2. The third-order valence-corrected chi connectivity index (χ3v) is 6.14. The molecule has 8 nitrogen and oxygen atoms in total. The van der Waals surface area contributed by atoms with Crippen molar-refractivity contribution < 1.29 is 27.6 Å². The smallest absolute Gasteiger partial charge is 0.258 e. The molecule has 0 atom stereocenters. The summed E-state index contributed by atoms with van der Waals surface area (Å²) >= 11 is 0. The molecule has 4 rings (SSSR count). The third kappa shape index (κ3) is 3.07. The summed E-state index contributed by atoms with van der Waals surface area (Å²) in [4.78, 5) is 48.9. The summed E-state index contributed by atoms with van der Waals surface area (Å²) in [6.07, 6.45) is 4.41. The van der Waals surface area contributed by atoms with Crippen LogP contribution in [0.25, 0.3) is 0 Å². The van der Waals surface area contributed by atoms with E-state index in [4.69, 9.17) is 0 Å². The summed E-state index contributed by atoms with van der Waals surface area (Å²) in [7, 11) is -4.05. The predicted molar refractivity (Wildman–Crippen MR) is 102 cm³/mol. The van der Waals surface area contributed by atoms with Crippen LogP contribution in [0, 0.1) is 0 Å². The first-order valence-electron chi connectivity index (χ1n) is 8.36. The highest BCUT2D eigenvalue weighted by Gasteiger charge is 2.29. The van der Waals surface area contributed by atoms with Crippen molar-refractivity contribution in [3.05, 3.63) is 72.8 Å². The van der Waals surface area contributed by atoms with Gasteiger partial charge in [-0.2, -0.15) is 0 Å². The second kappa shape index (κ2) is 6.64. The van der Waals surface area contributed by atoms with Crippen molar-refractivity contribution in [1.82, 2.24) is 0 Å². The Kier molecular flexibility index (Phi) is 4.24. The fourth-order valence-corrected chi connectivity index (χ4v) is 4.36. The number of rotatable bonds is 4. The van der Waals surface area contributed by atoms with Gasteiger partial charge < -0.3 is 0 Å². The molecule has 2 aliphatic heterocycles. The van der Waals surface area contributed by atoms with E-state index in [1.54, 1.807) is 0 Å². The van der Waals surface area contributed by atoms with E-state index in [0.29, 0.717) is 0 Å². The number of imide groups is 2. The van der Waals surface area contributed by atoms with Gasteiger partial charge in [0.05, 0.1) is 21.2 Å². The lowest BCUT2D eigenvalue weighted by Crippen LogP contribution is -2.29. The van der Waals surface area contributed by atoms with Crippen LogP contribution in [0.4, 0.5) is 11.4 Å². The van der Waals surface area contributed by atoms with Gasteiger partial charge >= 0.3 is 0 Å². The number of hydrogen-bond acceptors (Lipinski definition) is 6. The number of hydrogen-bond donors (Lipinski definition) is 0. The van der Waals surface area contributed by atoms with Crippen molar-refractivity contribution in [2.75, 3.05) is 9.80 Å². The maximum Gasteiger partial charge on any atom is 0.258 e. The molecule has 0 fully saturated rings. The van der Waals surface area contributed by atoms with Crippen molar-refractivity contribution in [2.45, 2.75) is 9.79 Å². The second-order valence-electron chi connectivity index (χ2n) is 6.19. The Labute approximate surface area is 165 Å². The quantitative estimate of drug-likeness (QED) is 0.707. The average molecular weight is 408 g/mol. The van der Waals surface area contributed by atoms with Gasteiger partial charge in [0.1, 0.15) is 0 Å². The minimum absolute atomic E-state index is 0.122. The van der Waals surface area contributed by atoms with Crippen LogP contribution in [-0.4, -0.2) is 32.0 Å². The van der Waals surface area contributed by atoms with Crippen molar-refractivity contribution in [2.24, 2.45) is 0 Å². The van der Waals surface area contributed by atoms with Crippen LogP contribution in [0.15, 0.2) is 82.6 Å². The maximum absolute atomic E-state index is 13.1. The standard InChI is InChI=1S/C20H12N2O6S/c23-17-7-8-18(24)21(17)13-3-1-5-15(11-13)29(27,28)16-6-2-4-14(12-16)22-19(25)9-10-20(22)26/h1-12H. The molecule has 2 heterocycles. The maximum atomic E-state index is 13.1. The molecule has 4 amide bonds. The summed E-state index contributed by atoms with van der Waals surface area (Å²) in [6, 6.07) is 10.8. The summed E-state index contributed by atoms with van der Waals surface area (Å²) < 4.78 is 26.2. The van der Waals surface area contributed by atoms with Gasteiger partial charge in [-0.05, 0) is 36.4 Å².